The maximum absolute atomic E-state index is 13.3. The van der Waals surface area contributed by atoms with Crippen molar-refractivity contribution in [3.8, 4) is 0 Å². The number of hydrazine groups is 1. The van der Waals surface area contributed by atoms with Gasteiger partial charge in [-0.2, -0.15) is 0 Å². The second-order valence-electron chi connectivity index (χ2n) is 5.71. The zero-order valence-electron chi connectivity index (χ0n) is 12.1. The summed E-state index contributed by atoms with van der Waals surface area (Å²) in [6.07, 6.45) is 1.17. The minimum Gasteiger partial charge on any atom is -0.375 e. The fourth-order valence-corrected chi connectivity index (χ4v) is 3.64. The fraction of sp³-hybridized carbons (Fsp3) is 0.600. The van der Waals surface area contributed by atoms with Crippen LogP contribution in [0, 0.1) is 17.7 Å². The van der Waals surface area contributed by atoms with Crippen molar-refractivity contribution in [3.63, 3.8) is 0 Å². The molecule has 1 heterocycles. The largest absolute Gasteiger partial charge is 0.375 e. The molecule has 20 heavy (non-hydrogen) atoms. The highest BCUT2D eigenvalue weighted by Gasteiger charge is 2.41. The Morgan fingerprint density at radius 3 is 2.55 bits per heavy atom. The molecule has 1 aromatic rings. The van der Waals surface area contributed by atoms with Crippen LogP contribution in [0.5, 0.6) is 0 Å². The molecule has 1 aliphatic rings. The standard InChI is InChI=1S/C15H22BrFN2O/c1-8-9(2)20-10(3)15(8)14(19-18)7-11-4-5-13(17)12(16)6-11/h4-6,8-10,14-15,19H,7,18H2,1-3H3. The molecule has 0 amide bonds. The second kappa shape index (κ2) is 6.52. The smallest absolute Gasteiger partial charge is 0.137 e. The van der Waals surface area contributed by atoms with E-state index < -0.39 is 0 Å². The molecule has 1 saturated heterocycles. The first-order valence-electron chi connectivity index (χ1n) is 6.99. The lowest BCUT2D eigenvalue weighted by Crippen LogP contribution is -2.46. The molecule has 112 valence electrons. The summed E-state index contributed by atoms with van der Waals surface area (Å²) in [5, 5.41) is 0. The van der Waals surface area contributed by atoms with Gasteiger partial charge in [-0.15, -0.1) is 0 Å². The molecule has 1 fully saturated rings. The van der Waals surface area contributed by atoms with Crippen molar-refractivity contribution < 1.29 is 9.13 Å². The van der Waals surface area contributed by atoms with E-state index in [1.54, 1.807) is 6.07 Å². The number of ether oxygens (including phenoxy) is 1. The molecule has 0 radical (unpaired) electrons. The highest BCUT2D eigenvalue weighted by atomic mass is 79.9. The van der Waals surface area contributed by atoms with Gasteiger partial charge in [0.25, 0.3) is 0 Å². The van der Waals surface area contributed by atoms with Gasteiger partial charge in [0.1, 0.15) is 5.82 Å². The maximum Gasteiger partial charge on any atom is 0.137 e. The molecule has 0 spiro atoms. The molecule has 5 heteroatoms. The van der Waals surface area contributed by atoms with E-state index in [4.69, 9.17) is 10.6 Å². The minimum atomic E-state index is -0.245. The van der Waals surface area contributed by atoms with Crippen molar-refractivity contribution in [1.29, 1.82) is 0 Å². The van der Waals surface area contributed by atoms with Crippen LogP contribution in [-0.2, 0) is 11.2 Å². The second-order valence-corrected chi connectivity index (χ2v) is 6.56. The van der Waals surface area contributed by atoms with Crippen LogP contribution in [0.4, 0.5) is 4.39 Å². The lowest BCUT2D eigenvalue weighted by Gasteiger charge is -2.28. The number of nitrogens with one attached hydrogen (secondary N) is 1. The lowest BCUT2D eigenvalue weighted by atomic mass is 9.81. The van der Waals surface area contributed by atoms with Gasteiger partial charge in [0, 0.05) is 12.0 Å². The quantitative estimate of drug-likeness (QED) is 0.651. The Labute approximate surface area is 128 Å². The molecule has 5 unspecified atom stereocenters. The number of halogens is 2. The highest BCUT2D eigenvalue weighted by Crippen LogP contribution is 2.35. The van der Waals surface area contributed by atoms with Gasteiger partial charge in [0.05, 0.1) is 16.7 Å². The average Bonchev–Trinajstić information content (AvgIpc) is 2.65. The van der Waals surface area contributed by atoms with Gasteiger partial charge in [-0.1, -0.05) is 13.0 Å². The monoisotopic (exact) mass is 344 g/mol. The Hall–Kier alpha value is -0.490. The average molecular weight is 345 g/mol. The minimum absolute atomic E-state index is 0.113. The normalized spacial score (nSPS) is 31.5. The van der Waals surface area contributed by atoms with E-state index in [9.17, 15) is 4.39 Å². The number of nitrogens with two attached hydrogens (primary N) is 1. The van der Waals surface area contributed by atoms with E-state index in [1.165, 1.54) is 6.07 Å². The van der Waals surface area contributed by atoms with Crippen molar-refractivity contribution in [2.75, 3.05) is 0 Å². The summed E-state index contributed by atoms with van der Waals surface area (Å²) >= 11 is 3.22. The molecule has 1 aromatic carbocycles. The molecule has 5 atom stereocenters. The summed E-state index contributed by atoms with van der Waals surface area (Å²) in [4.78, 5) is 0. The van der Waals surface area contributed by atoms with Gasteiger partial charge in [-0.3, -0.25) is 11.3 Å². The summed E-state index contributed by atoms with van der Waals surface area (Å²) in [5.41, 5.74) is 3.97. The van der Waals surface area contributed by atoms with E-state index in [2.05, 4.69) is 42.1 Å². The van der Waals surface area contributed by atoms with Gasteiger partial charge in [-0.05, 0) is 59.8 Å². The molecule has 0 aromatic heterocycles. The van der Waals surface area contributed by atoms with Crippen LogP contribution in [0.1, 0.15) is 26.3 Å². The SMILES string of the molecule is CC1OC(C)C(C(Cc2ccc(F)c(Br)c2)NN)C1C. The predicted molar refractivity (Wildman–Crippen MR) is 81.6 cm³/mol. The Morgan fingerprint density at radius 2 is 2.05 bits per heavy atom. The van der Waals surface area contributed by atoms with Crippen molar-refractivity contribution in [3.05, 3.63) is 34.1 Å². The van der Waals surface area contributed by atoms with Crippen molar-refractivity contribution >= 4 is 15.9 Å². The van der Waals surface area contributed by atoms with Gasteiger partial charge in [0.2, 0.25) is 0 Å². The van der Waals surface area contributed by atoms with Gasteiger partial charge in [0.15, 0.2) is 0 Å². The van der Waals surface area contributed by atoms with Crippen LogP contribution in [0.25, 0.3) is 0 Å². The zero-order valence-corrected chi connectivity index (χ0v) is 13.7. The predicted octanol–water partition coefficient (Wildman–Crippen LogP) is 3.02. The summed E-state index contributed by atoms with van der Waals surface area (Å²) in [6, 6.07) is 5.21. The van der Waals surface area contributed by atoms with Crippen LogP contribution in [-0.4, -0.2) is 18.2 Å². The maximum atomic E-state index is 13.3. The Balaban J connectivity index is 2.14. The van der Waals surface area contributed by atoms with E-state index in [1.807, 2.05) is 6.07 Å². The fourth-order valence-electron chi connectivity index (χ4n) is 3.21. The summed E-state index contributed by atoms with van der Waals surface area (Å²) in [7, 11) is 0. The van der Waals surface area contributed by atoms with E-state index >= 15 is 0 Å². The number of hydrogen-bond acceptors (Lipinski definition) is 3. The number of hydrogen-bond donors (Lipinski definition) is 2. The van der Waals surface area contributed by atoms with E-state index in [-0.39, 0.29) is 24.1 Å². The van der Waals surface area contributed by atoms with Crippen molar-refractivity contribution in [2.45, 2.75) is 45.4 Å². The van der Waals surface area contributed by atoms with Crippen LogP contribution in [0.2, 0.25) is 0 Å². The molecule has 1 aliphatic heterocycles. The Morgan fingerprint density at radius 1 is 1.35 bits per heavy atom. The molecular weight excluding hydrogens is 323 g/mol. The molecule has 0 bridgehead atoms. The highest BCUT2D eigenvalue weighted by molar-refractivity contribution is 9.10. The van der Waals surface area contributed by atoms with Crippen LogP contribution >= 0.6 is 15.9 Å². The van der Waals surface area contributed by atoms with Crippen LogP contribution < -0.4 is 11.3 Å². The van der Waals surface area contributed by atoms with Crippen LogP contribution in [0.15, 0.2) is 22.7 Å². The molecule has 0 aliphatic carbocycles. The Bertz CT molecular complexity index is 471. The van der Waals surface area contributed by atoms with Gasteiger partial charge >= 0.3 is 0 Å². The molecule has 0 saturated carbocycles. The first-order valence-corrected chi connectivity index (χ1v) is 7.78. The summed E-state index contributed by atoms with van der Waals surface area (Å²) in [6.45, 7) is 6.39. The van der Waals surface area contributed by atoms with E-state index in [0.29, 0.717) is 16.3 Å². The third-order valence-corrected chi connectivity index (χ3v) is 5.04. The van der Waals surface area contributed by atoms with Crippen molar-refractivity contribution in [2.24, 2.45) is 17.7 Å². The number of rotatable bonds is 4. The lowest BCUT2D eigenvalue weighted by molar-refractivity contribution is 0.0476. The Kier molecular flexibility index (Phi) is 5.18. The molecule has 3 N–H and O–H groups in total. The molecule has 3 nitrogen and oxygen atoms in total. The van der Waals surface area contributed by atoms with E-state index in [0.717, 1.165) is 12.0 Å². The summed E-state index contributed by atoms with van der Waals surface area (Å²) < 4.78 is 19.7. The third kappa shape index (κ3) is 3.22. The number of benzene rings is 1. The third-order valence-electron chi connectivity index (χ3n) is 4.44. The topological polar surface area (TPSA) is 47.3 Å². The summed E-state index contributed by atoms with van der Waals surface area (Å²) in [5.74, 6) is 6.29. The van der Waals surface area contributed by atoms with Gasteiger partial charge < -0.3 is 4.74 Å². The molecular formula is C15H22BrFN2O. The van der Waals surface area contributed by atoms with Crippen molar-refractivity contribution in [1.82, 2.24) is 5.43 Å². The molecule has 2 rings (SSSR count). The zero-order chi connectivity index (χ0) is 14.9. The first kappa shape index (κ1) is 15.9. The van der Waals surface area contributed by atoms with Gasteiger partial charge in [-0.25, -0.2) is 4.39 Å². The first-order chi connectivity index (χ1) is 9.43. The van der Waals surface area contributed by atoms with Crippen LogP contribution in [0.3, 0.4) is 0 Å².